The van der Waals surface area contributed by atoms with Gasteiger partial charge in [-0.3, -0.25) is 0 Å². The van der Waals surface area contributed by atoms with Crippen molar-refractivity contribution < 1.29 is 4.74 Å². The Kier molecular flexibility index (Phi) is 6.11. The standard InChI is InChI=1S/C12H16BrClO/c1-2-8-15-12-6-5-11(13)9-10(12)4-3-7-14/h5-6,9H,2-4,7-8H2,1H3. The lowest BCUT2D eigenvalue weighted by atomic mass is 10.1. The normalized spacial score (nSPS) is 10.3. The Bertz CT molecular complexity index is 302. The van der Waals surface area contributed by atoms with Crippen molar-refractivity contribution in [2.24, 2.45) is 0 Å². The summed E-state index contributed by atoms with van der Waals surface area (Å²) in [5.41, 5.74) is 1.23. The van der Waals surface area contributed by atoms with Crippen LogP contribution in [0.1, 0.15) is 25.3 Å². The Morgan fingerprint density at radius 2 is 2.20 bits per heavy atom. The van der Waals surface area contributed by atoms with E-state index in [-0.39, 0.29) is 0 Å². The topological polar surface area (TPSA) is 9.23 Å². The van der Waals surface area contributed by atoms with Gasteiger partial charge in [0, 0.05) is 10.4 Å². The van der Waals surface area contributed by atoms with Gasteiger partial charge in [0.1, 0.15) is 5.75 Å². The van der Waals surface area contributed by atoms with Gasteiger partial charge in [-0.15, -0.1) is 11.6 Å². The van der Waals surface area contributed by atoms with E-state index in [0.717, 1.165) is 36.1 Å². The molecule has 0 unspecified atom stereocenters. The van der Waals surface area contributed by atoms with E-state index >= 15 is 0 Å². The molecule has 15 heavy (non-hydrogen) atoms. The third-order valence-corrected chi connectivity index (χ3v) is 2.82. The van der Waals surface area contributed by atoms with E-state index in [0.29, 0.717) is 5.88 Å². The van der Waals surface area contributed by atoms with Crippen LogP contribution in [0.15, 0.2) is 22.7 Å². The molecule has 0 aliphatic rings. The van der Waals surface area contributed by atoms with E-state index in [1.165, 1.54) is 5.56 Å². The van der Waals surface area contributed by atoms with Gasteiger partial charge >= 0.3 is 0 Å². The first-order valence-corrected chi connectivity index (χ1v) is 6.58. The van der Waals surface area contributed by atoms with Gasteiger partial charge in [-0.25, -0.2) is 0 Å². The van der Waals surface area contributed by atoms with Gasteiger partial charge in [-0.1, -0.05) is 22.9 Å². The number of halogens is 2. The lowest BCUT2D eigenvalue weighted by Gasteiger charge is -2.10. The average molecular weight is 292 g/mol. The molecule has 1 aromatic rings. The maximum Gasteiger partial charge on any atom is 0.122 e. The third kappa shape index (κ3) is 4.43. The van der Waals surface area contributed by atoms with E-state index in [1.54, 1.807) is 0 Å². The fourth-order valence-electron chi connectivity index (χ4n) is 1.35. The number of ether oxygens (including phenoxy) is 1. The zero-order valence-electron chi connectivity index (χ0n) is 8.93. The highest BCUT2D eigenvalue weighted by Crippen LogP contribution is 2.24. The van der Waals surface area contributed by atoms with Crippen molar-refractivity contribution in [3.05, 3.63) is 28.2 Å². The zero-order valence-corrected chi connectivity index (χ0v) is 11.3. The minimum atomic E-state index is 0.694. The first kappa shape index (κ1) is 12.9. The summed E-state index contributed by atoms with van der Waals surface area (Å²) in [5, 5.41) is 0. The Morgan fingerprint density at radius 1 is 1.40 bits per heavy atom. The van der Waals surface area contributed by atoms with Crippen molar-refractivity contribution >= 4 is 27.5 Å². The minimum Gasteiger partial charge on any atom is -0.493 e. The predicted molar refractivity (Wildman–Crippen MR) is 69.0 cm³/mol. The van der Waals surface area contributed by atoms with Crippen LogP contribution in [0, 0.1) is 0 Å². The number of aryl methyl sites for hydroxylation is 1. The van der Waals surface area contributed by atoms with Gasteiger partial charge in [0.15, 0.2) is 0 Å². The summed E-state index contributed by atoms with van der Waals surface area (Å²) < 4.78 is 6.77. The molecule has 0 aliphatic carbocycles. The Labute approximate surface area is 105 Å². The monoisotopic (exact) mass is 290 g/mol. The molecular formula is C12H16BrClO. The van der Waals surface area contributed by atoms with E-state index in [9.17, 15) is 0 Å². The van der Waals surface area contributed by atoms with Crippen molar-refractivity contribution in [2.75, 3.05) is 12.5 Å². The molecule has 0 radical (unpaired) electrons. The smallest absolute Gasteiger partial charge is 0.122 e. The molecule has 0 bridgehead atoms. The molecule has 0 saturated carbocycles. The molecule has 3 heteroatoms. The van der Waals surface area contributed by atoms with Gasteiger partial charge in [0.05, 0.1) is 6.61 Å². The lowest BCUT2D eigenvalue weighted by Crippen LogP contribution is -1.99. The van der Waals surface area contributed by atoms with Gasteiger partial charge in [-0.2, -0.15) is 0 Å². The van der Waals surface area contributed by atoms with Crippen molar-refractivity contribution in [3.63, 3.8) is 0 Å². The molecular weight excluding hydrogens is 275 g/mol. The van der Waals surface area contributed by atoms with Crippen LogP contribution < -0.4 is 4.74 Å². The fraction of sp³-hybridized carbons (Fsp3) is 0.500. The summed E-state index contributed by atoms with van der Waals surface area (Å²) >= 11 is 9.16. The Balaban J connectivity index is 2.73. The van der Waals surface area contributed by atoms with E-state index in [4.69, 9.17) is 16.3 Å². The van der Waals surface area contributed by atoms with Crippen molar-refractivity contribution in [2.45, 2.75) is 26.2 Å². The molecule has 0 amide bonds. The van der Waals surface area contributed by atoms with Crippen LogP contribution in [0.3, 0.4) is 0 Å². The van der Waals surface area contributed by atoms with E-state index in [2.05, 4.69) is 28.9 Å². The van der Waals surface area contributed by atoms with E-state index < -0.39 is 0 Å². The van der Waals surface area contributed by atoms with Gasteiger partial charge in [-0.05, 0) is 43.0 Å². The molecule has 0 aromatic heterocycles. The summed E-state index contributed by atoms with van der Waals surface area (Å²) in [4.78, 5) is 0. The van der Waals surface area contributed by atoms with Crippen LogP contribution in [0.5, 0.6) is 5.75 Å². The Morgan fingerprint density at radius 3 is 2.87 bits per heavy atom. The van der Waals surface area contributed by atoms with E-state index in [1.807, 2.05) is 12.1 Å². The molecule has 0 spiro atoms. The van der Waals surface area contributed by atoms with Crippen LogP contribution >= 0.6 is 27.5 Å². The average Bonchev–Trinajstić information content (AvgIpc) is 2.25. The molecule has 0 atom stereocenters. The van der Waals surface area contributed by atoms with Crippen LogP contribution in [0.25, 0.3) is 0 Å². The largest absolute Gasteiger partial charge is 0.493 e. The van der Waals surface area contributed by atoms with Crippen LogP contribution in [-0.4, -0.2) is 12.5 Å². The summed E-state index contributed by atoms with van der Waals surface area (Å²) in [6.07, 6.45) is 2.99. The molecule has 1 aromatic carbocycles. The number of benzene rings is 1. The quantitative estimate of drug-likeness (QED) is 0.706. The van der Waals surface area contributed by atoms with Crippen molar-refractivity contribution in [1.29, 1.82) is 0 Å². The first-order valence-electron chi connectivity index (χ1n) is 5.25. The summed E-state index contributed by atoms with van der Waals surface area (Å²) in [5.74, 6) is 1.69. The number of rotatable bonds is 6. The van der Waals surface area contributed by atoms with Crippen LogP contribution in [0.4, 0.5) is 0 Å². The third-order valence-electron chi connectivity index (χ3n) is 2.06. The SMILES string of the molecule is CCCOc1ccc(Br)cc1CCCCl. The van der Waals surface area contributed by atoms with Gasteiger partial charge in [0.2, 0.25) is 0 Å². The Hall–Kier alpha value is -0.210. The maximum absolute atomic E-state index is 5.70. The zero-order chi connectivity index (χ0) is 11.1. The fourth-order valence-corrected chi connectivity index (χ4v) is 1.90. The second-order valence-electron chi connectivity index (χ2n) is 3.39. The molecule has 0 fully saturated rings. The molecule has 0 heterocycles. The van der Waals surface area contributed by atoms with Gasteiger partial charge in [0.25, 0.3) is 0 Å². The highest BCUT2D eigenvalue weighted by Gasteiger charge is 2.04. The minimum absolute atomic E-state index is 0.694. The van der Waals surface area contributed by atoms with Crippen molar-refractivity contribution in [3.8, 4) is 5.75 Å². The predicted octanol–water partition coefficient (Wildman–Crippen LogP) is 4.41. The summed E-state index contributed by atoms with van der Waals surface area (Å²) in [6, 6.07) is 6.13. The lowest BCUT2D eigenvalue weighted by molar-refractivity contribution is 0.314. The molecule has 0 aliphatic heterocycles. The highest BCUT2D eigenvalue weighted by molar-refractivity contribution is 9.10. The second kappa shape index (κ2) is 7.13. The van der Waals surface area contributed by atoms with Gasteiger partial charge < -0.3 is 4.74 Å². The maximum atomic E-state index is 5.70. The molecule has 0 saturated heterocycles. The molecule has 84 valence electrons. The molecule has 0 N–H and O–H groups in total. The molecule has 1 rings (SSSR count). The van der Waals surface area contributed by atoms with Crippen molar-refractivity contribution in [1.82, 2.24) is 0 Å². The number of alkyl halides is 1. The summed E-state index contributed by atoms with van der Waals surface area (Å²) in [7, 11) is 0. The number of hydrogen-bond donors (Lipinski definition) is 0. The van der Waals surface area contributed by atoms with Crippen LogP contribution in [-0.2, 0) is 6.42 Å². The number of hydrogen-bond acceptors (Lipinski definition) is 1. The first-order chi connectivity index (χ1) is 7.27. The highest BCUT2D eigenvalue weighted by atomic mass is 79.9. The summed E-state index contributed by atoms with van der Waals surface area (Å²) in [6.45, 7) is 2.88. The second-order valence-corrected chi connectivity index (χ2v) is 4.69. The molecule has 1 nitrogen and oxygen atoms in total. The van der Waals surface area contributed by atoms with Crippen LogP contribution in [0.2, 0.25) is 0 Å².